The minimum Gasteiger partial charge on any atom is -0.501 e. The lowest BCUT2D eigenvalue weighted by molar-refractivity contribution is -0.137. The third-order valence-corrected chi connectivity index (χ3v) is 2.37. The number of hydrogen-bond donors (Lipinski definition) is 0. The molecule has 3 heteroatoms. The van der Waals surface area contributed by atoms with Gasteiger partial charge >= 0.3 is 5.97 Å². The average molecular weight is 246 g/mol. The Morgan fingerprint density at radius 2 is 2.11 bits per heavy atom. The van der Waals surface area contributed by atoms with Gasteiger partial charge in [-0.05, 0) is 12.5 Å². The number of hydrogen-bond acceptors (Lipinski definition) is 3. The number of benzene rings is 1. The molecule has 0 aliphatic carbocycles. The first-order valence-electron chi connectivity index (χ1n) is 5.90. The predicted molar refractivity (Wildman–Crippen MR) is 71.1 cm³/mol. The van der Waals surface area contributed by atoms with E-state index in [9.17, 15) is 4.79 Å². The molecule has 0 spiro atoms. The molecule has 0 amide bonds. The van der Waals surface area contributed by atoms with Gasteiger partial charge in [-0.2, -0.15) is 0 Å². The van der Waals surface area contributed by atoms with Gasteiger partial charge in [0.1, 0.15) is 0 Å². The summed E-state index contributed by atoms with van der Waals surface area (Å²) in [4.78, 5) is 11.3. The summed E-state index contributed by atoms with van der Waals surface area (Å²) >= 11 is 0. The highest BCUT2D eigenvalue weighted by Crippen LogP contribution is 2.17. The zero-order chi connectivity index (χ0) is 13.2. The average Bonchev–Trinajstić information content (AvgIpc) is 2.40. The Labute approximate surface area is 108 Å². The van der Waals surface area contributed by atoms with Crippen molar-refractivity contribution >= 4 is 5.97 Å². The Bertz CT molecular complexity index is 395. The molecule has 0 fully saturated rings. The monoisotopic (exact) mass is 246 g/mol. The lowest BCUT2D eigenvalue weighted by Crippen LogP contribution is -2.05. The molecule has 1 atom stereocenters. The minimum absolute atomic E-state index is 0.00797. The summed E-state index contributed by atoms with van der Waals surface area (Å²) in [6.45, 7) is 6.12. The van der Waals surface area contributed by atoms with Gasteiger partial charge in [-0.15, -0.1) is 0 Å². The third-order valence-electron chi connectivity index (χ3n) is 2.37. The number of carbonyl (C=O) groups excluding carboxylic acids is 1. The predicted octanol–water partition coefficient (Wildman–Crippen LogP) is 3.05. The summed E-state index contributed by atoms with van der Waals surface area (Å²) in [6, 6.07) is 9.84. The SMILES string of the molecule is C=COCC(/C=C/C(=O)OCC)c1ccccc1. The second-order valence-electron chi connectivity index (χ2n) is 3.63. The van der Waals surface area contributed by atoms with E-state index >= 15 is 0 Å². The summed E-state index contributed by atoms with van der Waals surface area (Å²) in [5, 5.41) is 0. The molecule has 0 N–H and O–H groups in total. The zero-order valence-electron chi connectivity index (χ0n) is 10.5. The number of rotatable bonds is 7. The van der Waals surface area contributed by atoms with Crippen LogP contribution >= 0.6 is 0 Å². The molecule has 1 unspecified atom stereocenters. The van der Waals surface area contributed by atoms with Crippen molar-refractivity contribution in [2.24, 2.45) is 0 Å². The van der Waals surface area contributed by atoms with E-state index in [2.05, 4.69) is 6.58 Å². The smallest absolute Gasteiger partial charge is 0.330 e. The van der Waals surface area contributed by atoms with E-state index in [1.54, 1.807) is 13.0 Å². The number of esters is 1. The maximum absolute atomic E-state index is 11.3. The van der Waals surface area contributed by atoms with Crippen LogP contribution in [0.25, 0.3) is 0 Å². The molecule has 1 aromatic rings. The highest BCUT2D eigenvalue weighted by atomic mass is 16.5. The van der Waals surface area contributed by atoms with Gasteiger partial charge in [0.05, 0.1) is 19.5 Å². The molecule has 1 aromatic carbocycles. The van der Waals surface area contributed by atoms with Crippen molar-refractivity contribution in [2.45, 2.75) is 12.8 Å². The molecule has 3 nitrogen and oxygen atoms in total. The van der Waals surface area contributed by atoms with Gasteiger partial charge < -0.3 is 9.47 Å². The standard InChI is InChI=1S/C15H18O3/c1-3-17-12-14(10-11-15(16)18-4-2)13-8-6-5-7-9-13/h3,5-11,14H,1,4,12H2,2H3/b11-10+. The fraction of sp³-hybridized carbons (Fsp3) is 0.267. The van der Waals surface area contributed by atoms with E-state index in [0.29, 0.717) is 13.2 Å². The fourth-order valence-corrected chi connectivity index (χ4v) is 1.52. The van der Waals surface area contributed by atoms with Gasteiger partial charge in [0.25, 0.3) is 0 Å². The Kier molecular flexibility index (Phi) is 6.33. The van der Waals surface area contributed by atoms with Gasteiger partial charge in [0.2, 0.25) is 0 Å². The van der Waals surface area contributed by atoms with E-state index in [1.165, 1.54) is 12.3 Å². The minimum atomic E-state index is -0.336. The van der Waals surface area contributed by atoms with E-state index in [-0.39, 0.29) is 11.9 Å². The normalized spacial score (nSPS) is 12.1. The maximum atomic E-state index is 11.3. The molecule has 0 radical (unpaired) electrons. The highest BCUT2D eigenvalue weighted by molar-refractivity contribution is 5.82. The Morgan fingerprint density at radius 1 is 1.39 bits per heavy atom. The van der Waals surface area contributed by atoms with E-state index in [4.69, 9.17) is 9.47 Å². The fourth-order valence-electron chi connectivity index (χ4n) is 1.52. The second-order valence-corrected chi connectivity index (χ2v) is 3.63. The van der Waals surface area contributed by atoms with Gasteiger partial charge in [-0.1, -0.05) is 43.0 Å². The zero-order valence-corrected chi connectivity index (χ0v) is 10.5. The Morgan fingerprint density at radius 3 is 2.72 bits per heavy atom. The molecule has 0 bridgehead atoms. The van der Waals surface area contributed by atoms with Crippen LogP contribution in [-0.2, 0) is 14.3 Å². The maximum Gasteiger partial charge on any atom is 0.330 e. The Hall–Kier alpha value is -2.03. The van der Waals surface area contributed by atoms with Crippen LogP contribution in [0.1, 0.15) is 18.4 Å². The number of ether oxygens (including phenoxy) is 2. The molecule has 0 saturated carbocycles. The van der Waals surface area contributed by atoms with Crippen molar-refractivity contribution in [1.29, 1.82) is 0 Å². The van der Waals surface area contributed by atoms with Crippen LogP contribution in [0.4, 0.5) is 0 Å². The summed E-state index contributed by atoms with van der Waals surface area (Å²) in [7, 11) is 0. The van der Waals surface area contributed by atoms with Crippen molar-refractivity contribution < 1.29 is 14.3 Å². The highest BCUT2D eigenvalue weighted by Gasteiger charge is 2.08. The van der Waals surface area contributed by atoms with Gasteiger partial charge in [-0.3, -0.25) is 0 Å². The molecule has 0 aliphatic heterocycles. The van der Waals surface area contributed by atoms with Crippen LogP contribution in [0.5, 0.6) is 0 Å². The van der Waals surface area contributed by atoms with E-state index in [1.807, 2.05) is 30.3 Å². The summed E-state index contributed by atoms with van der Waals surface area (Å²) in [6.07, 6.45) is 4.62. The lowest BCUT2D eigenvalue weighted by Gasteiger charge is -2.12. The van der Waals surface area contributed by atoms with Crippen molar-refractivity contribution in [2.75, 3.05) is 13.2 Å². The van der Waals surface area contributed by atoms with Crippen molar-refractivity contribution in [1.82, 2.24) is 0 Å². The first-order chi connectivity index (χ1) is 8.77. The third kappa shape index (κ3) is 4.87. The molecular formula is C15H18O3. The molecule has 0 saturated heterocycles. The molecule has 1 rings (SSSR count). The van der Waals surface area contributed by atoms with Crippen LogP contribution in [-0.4, -0.2) is 19.2 Å². The lowest BCUT2D eigenvalue weighted by atomic mass is 9.99. The summed E-state index contributed by atoms with van der Waals surface area (Å²) in [5.74, 6) is -0.328. The van der Waals surface area contributed by atoms with Crippen molar-refractivity contribution in [3.05, 3.63) is 60.9 Å². The van der Waals surface area contributed by atoms with Crippen LogP contribution in [0.2, 0.25) is 0 Å². The first-order valence-corrected chi connectivity index (χ1v) is 5.90. The van der Waals surface area contributed by atoms with Gasteiger partial charge in [-0.25, -0.2) is 4.79 Å². The topological polar surface area (TPSA) is 35.5 Å². The molecule has 0 aliphatic rings. The molecule has 0 heterocycles. The largest absolute Gasteiger partial charge is 0.501 e. The second kappa shape index (κ2) is 8.12. The van der Waals surface area contributed by atoms with E-state index in [0.717, 1.165) is 5.56 Å². The first kappa shape index (κ1) is 14.0. The van der Waals surface area contributed by atoms with Crippen LogP contribution in [0, 0.1) is 0 Å². The number of carbonyl (C=O) groups is 1. The summed E-state index contributed by atoms with van der Waals surface area (Å²) in [5.41, 5.74) is 1.08. The molecule has 18 heavy (non-hydrogen) atoms. The van der Waals surface area contributed by atoms with Gasteiger partial charge in [0.15, 0.2) is 0 Å². The van der Waals surface area contributed by atoms with Gasteiger partial charge in [0, 0.05) is 12.0 Å². The Balaban J connectivity index is 2.72. The molecule has 96 valence electrons. The summed E-state index contributed by atoms with van der Waals surface area (Å²) < 4.78 is 10.0. The van der Waals surface area contributed by atoms with Crippen LogP contribution in [0.3, 0.4) is 0 Å². The van der Waals surface area contributed by atoms with Crippen molar-refractivity contribution in [3.63, 3.8) is 0 Å². The molecular weight excluding hydrogens is 228 g/mol. The molecule has 0 aromatic heterocycles. The van der Waals surface area contributed by atoms with E-state index < -0.39 is 0 Å². The van der Waals surface area contributed by atoms with Crippen molar-refractivity contribution in [3.8, 4) is 0 Å². The van der Waals surface area contributed by atoms with Crippen LogP contribution in [0.15, 0.2) is 55.3 Å². The van der Waals surface area contributed by atoms with Crippen LogP contribution < -0.4 is 0 Å². The quantitative estimate of drug-likeness (QED) is 0.421.